The minimum absolute atomic E-state index is 0.0638. The molecule has 0 radical (unpaired) electrons. The van der Waals surface area contributed by atoms with Crippen LogP contribution in [0.4, 0.5) is 15.8 Å². The zero-order valence-corrected chi connectivity index (χ0v) is 15.1. The molecule has 0 fully saturated rings. The maximum Gasteiger partial charge on any atom is 0.339 e. The van der Waals surface area contributed by atoms with Gasteiger partial charge in [-0.1, -0.05) is 30.3 Å². The van der Waals surface area contributed by atoms with Crippen LogP contribution in [-0.2, 0) is 11.3 Å². The van der Waals surface area contributed by atoms with Crippen LogP contribution >= 0.6 is 0 Å². The van der Waals surface area contributed by atoms with E-state index in [2.05, 4.69) is 15.6 Å². The molecule has 0 saturated heterocycles. The lowest BCUT2D eigenvalue weighted by Crippen LogP contribution is -2.23. The van der Waals surface area contributed by atoms with Gasteiger partial charge in [0.2, 0.25) is 0 Å². The van der Waals surface area contributed by atoms with Gasteiger partial charge in [0.05, 0.1) is 35.8 Å². The van der Waals surface area contributed by atoms with Gasteiger partial charge >= 0.3 is 5.97 Å². The highest BCUT2D eigenvalue weighted by atomic mass is 19.1. The number of hydrogen-bond acceptors (Lipinski definition) is 5. The van der Waals surface area contributed by atoms with E-state index in [1.165, 1.54) is 25.6 Å². The number of hydrogen-bond donors (Lipinski definition) is 2. The van der Waals surface area contributed by atoms with Crippen molar-refractivity contribution >= 4 is 23.3 Å². The Kier molecular flexibility index (Phi) is 5.96. The van der Waals surface area contributed by atoms with Crippen molar-refractivity contribution < 1.29 is 18.7 Å². The molecule has 0 bridgehead atoms. The second-order valence-corrected chi connectivity index (χ2v) is 5.90. The fraction of sp³-hybridized carbons (Fsp3) is 0.0952. The van der Waals surface area contributed by atoms with Gasteiger partial charge in [-0.25, -0.2) is 9.18 Å². The molecular formula is C21H18FN3O3. The molecule has 0 aliphatic rings. The quantitative estimate of drug-likeness (QED) is 0.639. The van der Waals surface area contributed by atoms with Crippen molar-refractivity contribution in [2.24, 2.45) is 0 Å². The number of amides is 1. The van der Waals surface area contributed by atoms with E-state index in [-0.39, 0.29) is 18.3 Å². The maximum atomic E-state index is 13.7. The number of anilines is 2. The van der Waals surface area contributed by atoms with E-state index in [9.17, 15) is 14.0 Å². The summed E-state index contributed by atoms with van der Waals surface area (Å²) in [5.74, 6) is -1.24. The zero-order valence-electron chi connectivity index (χ0n) is 15.1. The molecule has 1 aromatic heterocycles. The van der Waals surface area contributed by atoms with Crippen molar-refractivity contribution in [2.45, 2.75) is 6.54 Å². The standard InChI is InChI=1S/C21H18FN3O3/c1-28-21(27)17-7-3-5-9-19(17)25-16-10-15(11-23-13-16)20(26)24-12-14-6-2-4-8-18(14)22/h2-11,13,25H,12H2,1H3,(H,24,26). The second-order valence-electron chi connectivity index (χ2n) is 5.90. The number of aromatic nitrogens is 1. The first-order valence-corrected chi connectivity index (χ1v) is 8.49. The molecule has 0 spiro atoms. The van der Waals surface area contributed by atoms with Gasteiger partial charge in [0, 0.05) is 18.3 Å². The van der Waals surface area contributed by atoms with Gasteiger partial charge in [-0.2, -0.15) is 0 Å². The average Bonchev–Trinajstić information content (AvgIpc) is 2.73. The maximum absolute atomic E-state index is 13.7. The Morgan fingerprint density at radius 3 is 2.61 bits per heavy atom. The van der Waals surface area contributed by atoms with Crippen molar-refractivity contribution in [1.29, 1.82) is 0 Å². The molecule has 28 heavy (non-hydrogen) atoms. The number of methoxy groups -OCH3 is 1. The molecule has 1 amide bonds. The second kappa shape index (κ2) is 8.77. The van der Waals surface area contributed by atoms with E-state index in [0.717, 1.165) is 0 Å². The van der Waals surface area contributed by atoms with E-state index in [1.54, 1.807) is 48.5 Å². The molecule has 0 atom stereocenters. The topological polar surface area (TPSA) is 80.3 Å². The largest absolute Gasteiger partial charge is 0.465 e. The Labute approximate surface area is 161 Å². The third-order valence-corrected chi connectivity index (χ3v) is 4.01. The molecule has 0 aliphatic heterocycles. The van der Waals surface area contributed by atoms with Gasteiger partial charge in [-0.15, -0.1) is 0 Å². The molecule has 3 rings (SSSR count). The van der Waals surface area contributed by atoms with E-state index >= 15 is 0 Å². The molecule has 2 N–H and O–H groups in total. The third kappa shape index (κ3) is 4.50. The molecule has 2 aromatic carbocycles. The number of carbonyl (C=O) groups is 2. The van der Waals surface area contributed by atoms with E-state index in [0.29, 0.717) is 28.1 Å². The summed E-state index contributed by atoms with van der Waals surface area (Å²) in [6.07, 6.45) is 2.94. The smallest absolute Gasteiger partial charge is 0.339 e. The number of pyridine rings is 1. The highest BCUT2D eigenvalue weighted by molar-refractivity contribution is 5.97. The van der Waals surface area contributed by atoms with Gasteiger partial charge in [-0.05, 0) is 24.3 Å². The first-order chi connectivity index (χ1) is 13.6. The summed E-state index contributed by atoms with van der Waals surface area (Å²) in [6, 6.07) is 14.7. The Morgan fingerprint density at radius 1 is 1.07 bits per heavy atom. The highest BCUT2D eigenvalue weighted by Gasteiger charge is 2.13. The van der Waals surface area contributed by atoms with Gasteiger partial charge in [-0.3, -0.25) is 9.78 Å². The van der Waals surface area contributed by atoms with Gasteiger partial charge in [0.1, 0.15) is 5.82 Å². The van der Waals surface area contributed by atoms with Crippen LogP contribution in [0.3, 0.4) is 0 Å². The first kappa shape index (κ1) is 19.0. The molecule has 0 unspecified atom stereocenters. The number of esters is 1. The normalized spacial score (nSPS) is 10.2. The number of benzene rings is 2. The summed E-state index contributed by atoms with van der Waals surface area (Å²) in [6.45, 7) is 0.0638. The van der Waals surface area contributed by atoms with Crippen molar-refractivity contribution in [2.75, 3.05) is 12.4 Å². The fourth-order valence-corrected chi connectivity index (χ4v) is 2.59. The number of rotatable bonds is 6. The van der Waals surface area contributed by atoms with Crippen LogP contribution in [0.2, 0.25) is 0 Å². The van der Waals surface area contributed by atoms with Crippen LogP contribution in [-0.4, -0.2) is 24.0 Å². The predicted molar refractivity (Wildman–Crippen MR) is 103 cm³/mol. The molecule has 3 aromatic rings. The van der Waals surface area contributed by atoms with E-state index in [1.807, 2.05) is 0 Å². The van der Waals surface area contributed by atoms with Gasteiger partial charge < -0.3 is 15.4 Å². The lowest BCUT2D eigenvalue weighted by atomic mass is 10.1. The average molecular weight is 379 g/mol. The molecule has 142 valence electrons. The van der Waals surface area contributed by atoms with Gasteiger partial charge in [0.25, 0.3) is 5.91 Å². The molecular weight excluding hydrogens is 361 g/mol. The Bertz CT molecular complexity index is 1010. The summed E-state index contributed by atoms with van der Waals surface area (Å²) in [5.41, 5.74) is 2.11. The van der Waals surface area contributed by atoms with Crippen LogP contribution in [0.5, 0.6) is 0 Å². The molecule has 1 heterocycles. The number of nitrogens with one attached hydrogen (secondary N) is 2. The molecule has 6 nitrogen and oxygen atoms in total. The summed E-state index contributed by atoms with van der Waals surface area (Å²) < 4.78 is 18.4. The van der Waals surface area contributed by atoms with Crippen molar-refractivity contribution in [3.05, 3.63) is 89.5 Å². The summed E-state index contributed by atoms with van der Waals surface area (Å²) in [5, 5.41) is 5.73. The van der Waals surface area contributed by atoms with Crippen LogP contribution < -0.4 is 10.6 Å². The summed E-state index contributed by atoms with van der Waals surface area (Å²) in [4.78, 5) is 28.3. The van der Waals surface area contributed by atoms with Crippen LogP contribution in [0.1, 0.15) is 26.3 Å². The van der Waals surface area contributed by atoms with Crippen molar-refractivity contribution in [3.8, 4) is 0 Å². The highest BCUT2D eigenvalue weighted by Crippen LogP contribution is 2.21. The van der Waals surface area contributed by atoms with Crippen LogP contribution in [0.25, 0.3) is 0 Å². The van der Waals surface area contributed by atoms with Crippen LogP contribution in [0, 0.1) is 5.82 Å². The van der Waals surface area contributed by atoms with Gasteiger partial charge in [0.15, 0.2) is 0 Å². The number of halogens is 1. The molecule has 0 saturated carbocycles. The van der Waals surface area contributed by atoms with E-state index < -0.39 is 5.97 Å². The minimum Gasteiger partial charge on any atom is -0.465 e. The Balaban J connectivity index is 1.73. The summed E-state index contributed by atoms with van der Waals surface area (Å²) >= 11 is 0. The fourth-order valence-electron chi connectivity index (χ4n) is 2.59. The lowest BCUT2D eigenvalue weighted by Gasteiger charge is -2.11. The monoisotopic (exact) mass is 379 g/mol. The predicted octanol–water partition coefficient (Wildman–Crippen LogP) is 3.68. The number of carbonyl (C=O) groups excluding carboxylic acids is 2. The number of para-hydroxylation sites is 1. The molecule has 0 aliphatic carbocycles. The van der Waals surface area contributed by atoms with Crippen molar-refractivity contribution in [1.82, 2.24) is 10.3 Å². The van der Waals surface area contributed by atoms with Crippen LogP contribution in [0.15, 0.2) is 67.0 Å². The zero-order chi connectivity index (χ0) is 19.9. The first-order valence-electron chi connectivity index (χ1n) is 8.49. The molecule has 7 heteroatoms. The SMILES string of the molecule is COC(=O)c1ccccc1Nc1cncc(C(=O)NCc2ccccc2F)c1. The number of nitrogens with zero attached hydrogens (tertiary/aromatic N) is 1. The third-order valence-electron chi connectivity index (χ3n) is 4.01. The minimum atomic E-state index is -0.477. The lowest BCUT2D eigenvalue weighted by molar-refractivity contribution is 0.0601. The Morgan fingerprint density at radius 2 is 1.82 bits per heavy atom. The van der Waals surface area contributed by atoms with Crippen molar-refractivity contribution in [3.63, 3.8) is 0 Å². The van der Waals surface area contributed by atoms with E-state index in [4.69, 9.17) is 4.74 Å². The summed E-state index contributed by atoms with van der Waals surface area (Å²) in [7, 11) is 1.31. The Hall–Kier alpha value is -3.74. The number of ether oxygens (including phenoxy) is 1.